The van der Waals surface area contributed by atoms with Gasteiger partial charge in [-0.2, -0.15) is 0 Å². The van der Waals surface area contributed by atoms with E-state index in [9.17, 15) is 14.7 Å². The molecule has 2 N–H and O–H groups in total. The van der Waals surface area contributed by atoms with Gasteiger partial charge in [0.05, 0.1) is 24.0 Å². The number of piperidine rings is 1. The van der Waals surface area contributed by atoms with Gasteiger partial charge in [0, 0.05) is 25.6 Å². The highest BCUT2D eigenvalue weighted by atomic mass is 16.3. The highest BCUT2D eigenvalue weighted by molar-refractivity contribution is 6.04. The second kappa shape index (κ2) is 6.68. The van der Waals surface area contributed by atoms with Crippen LogP contribution in [0, 0.1) is 0 Å². The highest BCUT2D eigenvalue weighted by Crippen LogP contribution is 2.31. The molecule has 1 unspecified atom stereocenters. The summed E-state index contributed by atoms with van der Waals surface area (Å²) in [6, 6.07) is 7.24. The van der Waals surface area contributed by atoms with Crippen molar-refractivity contribution in [2.24, 2.45) is 0 Å². The zero-order valence-electron chi connectivity index (χ0n) is 13.4. The normalized spacial score (nSPS) is 23.1. The fourth-order valence-corrected chi connectivity index (χ4v) is 3.31. The minimum Gasteiger partial charge on any atom is -0.393 e. The van der Waals surface area contributed by atoms with Gasteiger partial charge in [0.1, 0.15) is 0 Å². The quantitative estimate of drug-likeness (QED) is 0.860. The van der Waals surface area contributed by atoms with E-state index in [0.717, 1.165) is 18.8 Å². The molecule has 2 aliphatic heterocycles. The first-order valence-electron chi connectivity index (χ1n) is 8.16. The largest absolute Gasteiger partial charge is 0.393 e. The summed E-state index contributed by atoms with van der Waals surface area (Å²) < 4.78 is 0. The Hall–Kier alpha value is -1.92. The third kappa shape index (κ3) is 3.54. The van der Waals surface area contributed by atoms with Crippen LogP contribution in [0.2, 0.25) is 0 Å². The van der Waals surface area contributed by atoms with E-state index in [0.29, 0.717) is 31.5 Å². The second-order valence-corrected chi connectivity index (χ2v) is 6.39. The molecule has 1 aromatic carbocycles. The lowest BCUT2D eigenvalue weighted by molar-refractivity contribution is -0.121. The van der Waals surface area contributed by atoms with Gasteiger partial charge in [-0.25, -0.2) is 0 Å². The predicted octanol–water partition coefficient (Wildman–Crippen LogP) is 1.21. The van der Waals surface area contributed by atoms with Gasteiger partial charge in [-0.05, 0) is 31.9 Å². The van der Waals surface area contributed by atoms with Crippen molar-refractivity contribution < 1.29 is 14.7 Å². The van der Waals surface area contributed by atoms with E-state index in [2.05, 4.69) is 10.2 Å². The number of aliphatic hydroxyl groups is 1. The molecule has 0 radical (unpaired) electrons. The summed E-state index contributed by atoms with van der Waals surface area (Å²) in [6.07, 6.45) is 1.46. The monoisotopic (exact) mass is 317 g/mol. The van der Waals surface area contributed by atoms with Crippen LogP contribution in [0.3, 0.4) is 0 Å². The molecule has 1 aromatic rings. The van der Waals surface area contributed by atoms with E-state index < -0.39 is 0 Å². The van der Waals surface area contributed by atoms with Crippen molar-refractivity contribution in [2.45, 2.75) is 38.3 Å². The van der Waals surface area contributed by atoms with Crippen LogP contribution in [-0.4, -0.2) is 53.6 Å². The number of para-hydroxylation sites is 2. The van der Waals surface area contributed by atoms with Gasteiger partial charge in [-0.1, -0.05) is 12.1 Å². The van der Waals surface area contributed by atoms with Gasteiger partial charge in [-0.15, -0.1) is 0 Å². The SMILES string of the molecule is CC1CC(=O)Nc2ccccc2N1C(=O)CN1CCC(O)CC1. The molecule has 23 heavy (non-hydrogen) atoms. The minimum atomic E-state index is -0.249. The molecule has 6 heteroatoms. The van der Waals surface area contributed by atoms with Crippen molar-refractivity contribution >= 4 is 23.2 Å². The van der Waals surface area contributed by atoms with E-state index >= 15 is 0 Å². The average molecular weight is 317 g/mol. The maximum absolute atomic E-state index is 12.9. The van der Waals surface area contributed by atoms with Gasteiger partial charge in [-0.3, -0.25) is 14.5 Å². The molecular formula is C17H23N3O3. The molecular weight excluding hydrogens is 294 g/mol. The van der Waals surface area contributed by atoms with Crippen LogP contribution in [0.25, 0.3) is 0 Å². The van der Waals surface area contributed by atoms with Gasteiger partial charge < -0.3 is 15.3 Å². The number of fused-ring (bicyclic) bond motifs is 1. The number of likely N-dealkylation sites (tertiary alicyclic amines) is 1. The Morgan fingerprint density at radius 3 is 2.74 bits per heavy atom. The first-order valence-corrected chi connectivity index (χ1v) is 8.16. The molecule has 0 bridgehead atoms. The second-order valence-electron chi connectivity index (χ2n) is 6.39. The summed E-state index contributed by atoms with van der Waals surface area (Å²) in [6.45, 7) is 3.68. The van der Waals surface area contributed by atoms with Crippen molar-refractivity contribution in [2.75, 3.05) is 29.9 Å². The molecule has 0 aromatic heterocycles. The fraction of sp³-hybridized carbons (Fsp3) is 0.529. The van der Waals surface area contributed by atoms with E-state index in [1.807, 2.05) is 31.2 Å². The number of amides is 2. The molecule has 1 saturated heterocycles. The molecule has 0 aliphatic carbocycles. The number of carbonyl (C=O) groups excluding carboxylic acids is 2. The summed E-state index contributed by atoms with van der Waals surface area (Å²) >= 11 is 0. The van der Waals surface area contributed by atoms with Crippen LogP contribution >= 0.6 is 0 Å². The third-order valence-corrected chi connectivity index (χ3v) is 4.54. The van der Waals surface area contributed by atoms with E-state index in [-0.39, 0.29) is 24.0 Å². The van der Waals surface area contributed by atoms with Crippen molar-refractivity contribution in [3.63, 3.8) is 0 Å². The van der Waals surface area contributed by atoms with Crippen molar-refractivity contribution in [3.05, 3.63) is 24.3 Å². The summed E-state index contributed by atoms with van der Waals surface area (Å²) in [7, 11) is 0. The third-order valence-electron chi connectivity index (χ3n) is 4.54. The zero-order valence-corrected chi connectivity index (χ0v) is 13.4. The summed E-state index contributed by atoms with van der Waals surface area (Å²) in [5.41, 5.74) is 1.44. The summed E-state index contributed by atoms with van der Waals surface area (Å²) in [4.78, 5) is 28.6. The lowest BCUT2D eigenvalue weighted by atomic mass is 10.1. The van der Waals surface area contributed by atoms with Crippen LogP contribution in [0.1, 0.15) is 26.2 Å². The first kappa shape index (κ1) is 16.0. The molecule has 0 saturated carbocycles. The Kier molecular flexibility index (Phi) is 4.63. The fourth-order valence-electron chi connectivity index (χ4n) is 3.31. The number of hydrogen-bond acceptors (Lipinski definition) is 4. The van der Waals surface area contributed by atoms with Gasteiger partial charge in [0.2, 0.25) is 11.8 Å². The lowest BCUT2D eigenvalue weighted by Crippen LogP contribution is -2.47. The molecule has 2 heterocycles. The average Bonchev–Trinajstić information content (AvgIpc) is 2.63. The molecule has 2 aliphatic rings. The first-order chi connectivity index (χ1) is 11.0. The number of benzene rings is 1. The number of aliphatic hydroxyl groups excluding tert-OH is 1. The Bertz CT molecular complexity index is 597. The Balaban J connectivity index is 1.79. The van der Waals surface area contributed by atoms with Gasteiger partial charge >= 0.3 is 0 Å². The number of carbonyl (C=O) groups is 2. The van der Waals surface area contributed by atoms with Crippen molar-refractivity contribution in [1.82, 2.24) is 4.90 Å². The number of nitrogens with zero attached hydrogens (tertiary/aromatic N) is 2. The molecule has 1 fully saturated rings. The maximum Gasteiger partial charge on any atom is 0.241 e. The molecule has 1 atom stereocenters. The number of anilines is 2. The number of rotatable bonds is 2. The highest BCUT2D eigenvalue weighted by Gasteiger charge is 2.30. The van der Waals surface area contributed by atoms with Crippen molar-refractivity contribution in [3.8, 4) is 0 Å². The van der Waals surface area contributed by atoms with E-state index in [1.54, 1.807) is 4.90 Å². The standard InChI is InChI=1S/C17H23N3O3/c1-12-10-16(22)18-14-4-2-3-5-15(14)20(12)17(23)11-19-8-6-13(21)7-9-19/h2-5,12-13,21H,6-11H2,1H3,(H,18,22). The van der Waals surface area contributed by atoms with E-state index in [4.69, 9.17) is 0 Å². The molecule has 6 nitrogen and oxygen atoms in total. The Labute approximate surface area is 136 Å². The number of nitrogens with one attached hydrogen (secondary N) is 1. The molecule has 3 rings (SSSR count). The molecule has 124 valence electrons. The van der Waals surface area contributed by atoms with E-state index in [1.165, 1.54) is 0 Å². The van der Waals surface area contributed by atoms with Gasteiger partial charge in [0.15, 0.2) is 0 Å². The molecule has 2 amide bonds. The summed E-state index contributed by atoms with van der Waals surface area (Å²) in [5, 5.41) is 12.4. The number of hydrogen-bond donors (Lipinski definition) is 2. The Morgan fingerprint density at radius 2 is 2.00 bits per heavy atom. The lowest BCUT2D eigenvalue weighted by Gasteiger charge is -2.33. The van der Waals surface area contributed by atoms with Gasteiger partial charge in [0.25, 0.3) is 0 Å². The minimum absolute atomic E-state index is 0.00200. The topological polar surface area (TPSA) is 72.9 Å². The molecule has 0 spiro atoms. The van der Waals surface area contributed by atoms with Crippen molar-refractivity contribution in [1.29, 1.82) is 0 Å². The summed E-state index contributed by atoms with van der Waals surface area (Å²) in [5.74, 6) is -0.0702. The predicted molar refractivity (Wildman–Crippen MR) is 88.3 cm³/mol. The van der Waals surface area contributed by atoms with Crippen LogP contribution in [-0.2, 0) is 9.59 Å². The van der Waals surface area contributed by atoms with Crippen LogP contribution in [0.5, 0.6) is 0 Å². The Morgan fingerprint density at radius 1 is 1.30 bits per heavy atom. The maximum atomic E-state index is 12.9. The van der Waals surface area contributed by atoms with Crippen LogP contribution in [0.15, 0.2) is 24.3 Å². The smallest absolute Gasteiger partial charge is 0.241 e. The van der Waals surface area contributed by atoms with Crippen LogP contribution in [0.4, 0.5) is 11.4 Å². The van der Waals surface area contributed by atoms with Crippen LogP contribution < -0.4 is 10.2 Å². The zero-order chi connectivity index (χ0) is 16.4.